The second-order valence-electron chi connectivity index (χ2n) is 3.74. The van der Waals surface area contributed by atoms with Crippen molar-refractivity contribution in [2.45, 2.75) is 17.9 Å². The number of aryl methyl sites for hydroxylation is 1. The van der Waals surface area contributed by atoms with Crippen LogP contribution in [0.2, 0.25) is 0 Å². The van der Waals surface area contributed by atoms with Crippen LogP contribution in [0, 0.1) is 0 Å². The van der Waals surface area contributed by atoms with Gasteiger partial charge in [-0.3, -0.25) is 4.79 Å². The maximum Gasteiger partial charge on any atom is 0.265 e. The van der Waals surface area contributed by atoms with Crippen LogP contribution in [-0.4, -0.2) is 36.6 Å². The first-order valence-electron chi connectivity index (χ1n) is 4.87. The van der Waals surface area contributed by atoms with Crippen LogP contribution in [0.25, 0.3) is 0 Å². The zero-order valence-corrected chi connectivity index (χ0v) is 10.4. The summed E-state index contributed by atoms with van der Waals surface area (Å²) in [6, 6.07) is 0.589. The van der Waals surface area contributed by atoms with E-state index < -0.39 is 22.0 Å². The first kappa shape index (κ1) is 13.7. The molecule has 1 amide bonds. The summed E-state index contributed by atoms with van der Waals surface area (Å²) in [4.78, 5) is 10.9. The number of carbonyl (C=O) groups excluding carboxylic acids is 1. The number of primary amides is 1. The molecule has 1 atom stereocenters. The third-order valence-electron chi connectivity index (χ3n) is 2.17. The van der Waals surface area contributed by atoms with Crippen molar-refractivity contribution in [3.05, 3.63) is 18.0 Å². The Hall–Kier alpha value is -1.38. The zero-order valence-electron chi connectivity index (χ0n) is 9.54. The van der Waals surface area contributed by atoms with Gasteiger partial charge in [0.05, 0.1) is 6.61 Å². The van der Waals surface area contributed by atoms with E-state index >= 15 is 0 Å². The van der Waals surface area contributed by atoms with Gasteiger partial charge in [0.25, 0.3) is 5.91 Å². The molecule has 0 aliphatic rings. The molecule has 1 aromatic heterocycles. The van der Waals surface area contributed by atoms with Gasteiger partial charge in [0.1, 0.15) is 10.6 Å². The fourth-order valence-electron chi connectivity index (χ4n) is 1.30. The van der Waals surface area contributed by atoms with E-state index in [0.717, 1.165) is 0 Å². The molecule has 0 saturated heterocycles. The molecule has 0 aromatic carbocycles. The predicted molar refractivity (Wildman–Crippen MR) is 60.8 cm³/mol. The summed E-state index contributed by atoms with van der Waals surface area (Å²) in [6.45, 7) is 1.21. The van der Waals surface area contributed by atoms with E-state index in [1.807, 2.05) is 0 Å². The zero-order chi connectivity index (χ0) is 13.2. The van der Waals surface area contributed by atoms with E-state index in [9.17, 15) is 13.2 Å². The van der Waals surface area contributed by atoms with Gasteiger partial charge in [-0.2, -0.15) is 0 Å². The van der Waals surface area contributed by atoms with Gasteiger partial charge in [-0.15, -0.1) is 0 Å². The molecule has 17 heavy (non-hydrogen) atoms. The van der Waals surface area contributed by atoms with E-state index in [1.54, 1.807) is 0 Å². The molecule has 0 fully saturated rings. The van der Waals surface area contributed by atoms with Crippen LogP contribution in [0.15, 0.2) is 17.2 Å². The Morgan fingerprint density at radius 3 is 2.65 bits per heavy atom. The third-order valence-corrected chi connectivity index (χ3v) is 3.73. The number of nitrogens with one attached hydrogen (secondary N) is 1. The van der Waals surface area contributed by atoms with Crippen LogP contribution < -0.4 is 10.5 Å². The molecule has 0 bridgehead atoms. The lowest BCUT2D eigenvalue weighted by Crippen LogP contribution is -2.34. The molecule has 1 aromatic rings. The average Bonchev–Trinajstić information content (AvgIpc) is 2.60. The average molecular weight is 261 g/mol. The van der Waals surface area contributed by atoms with E-state index in [4.69, 9.17) is 10.8 Å². The van der Waals surface area contributed by atoms with Crippen molar-refractivity contribution in [3.8, 4) is 0 Å². The lowest BCUT2D eigenvalue weighted by Gasteiger charge is -2.09. The smallest absolute Gasteiger partial charge is 0.265 e. The number of aliphatic hydroxyl groups is 1. The van der Waals surface area contributed by atoms with E-state index in [-0.39, 0.29) is 17.2 Å². The Labute approximate surface area is 99.3 Å². The standard InChI is InChI=1S/C9H15N3O4S/c1-6(5-13)11-17(15,16)7-3-8(9(10)14)12(2)4-7/h3-4,6,11,13H,5H2,1-2H3,(H2,10,14)/t6-/m0/s1. The van der Waals surface area contributed by atoms with E-state index in [0.29, 0.717) is 0 Å². The SMILES string of the molecule is C[C@@H](CO)NS(=O)(=O)c1cc(C(N)=O)n(C)c1. The van der Waals surface area contributed by atoms with Gasteiger partial charge in [-0.1, -0.05) is 0 Å². The number of sulfonamides is 1. The molecule has 0 spiro atoms. The molecule has 96 valence electrons. The number of nitrogens with two attached hydrogens (primary N) is 1. The molecule has 0 saturated carbocycles. The molecule has 4 N–H and O–H groups in total. The highest BCUT2D eigenvalue weighted by Gasteiger charge is 2.21. The fourth-order valence-corrected chi connectivity index (χ4v) is 2.60. The van der Waals surface area contributed by atoms with Crippen molar-refractivity contribution in [2.24, 2.45) is 12.8 Å². The van der Waals surface area contributed by atoms with Crippen LogP contribution in [0.1, 0.15) is 17.4 Å². The number of nitrogens with zero attached hydrogens (tertiary/aromatic N) is 1. The number of aliphatic hydroxyl groups excluding tert-OH is 1. The van der Waals surface area contributed by atoms with Crippen molar-refractivity contribution in [3.63, 3.8) is 0 Å². The van der Waals surface area contributed by atoms with Gasteiger partial charge >= 0.3 is 0 Å². The number of hydrogen-bond donors (Lipinski definition) is 3. The maximum absolute atomic E-state index is 11.8. The van der Waals surface area contributed by atoms with Crippen LogP contribution >= 0.6 is 0 Å². The van der Waals surface area contributed by atoms with Gasteiger partial charge in [0, 0.05) is 19.3 Å². The minimum absolute atomic E-state index is 0.0610. The summed E-state index contributed by atoms with van der Waals surface area (Å²) in [5.74, 6) is -0.704. The van der Waals surface area contributed by atoms with Crippen LogP contribution in [0.5, 0.6) is 0 Å². The van der Waals surface area contributed by atoms with Crippen molar-refractivity contribution in [2.75, 3.05) is 6.61 Å². The Morgan fingerprint density at radius 2 is 2.24 bits per heavy atom. The molecule has 7 nitrogen and oxygen atoms in total. The first-order valence-corrected chi connectivity index (χ1v) is 6.35. The Morgan fingerprint density at radius 1 is 1.65 bits per heavy atom. The summed E-state index contributed by atoms with van der Waals surface area (Å²) in [5.41, 5.74) is 5.18. The van der Waals surface area contributed by atoms with Gasteiger partial charge in [-0.25, -0.2) is 13.1 Å². The monoisotopic (exact) mass is 261 g/mol. The van der Waals surface area contributed by atoms with Gasteiger partial charge in [0.2, 0.25) is 10.0 Å². The highest BCUT2D eigenvalue weighted by Crippen LogP contribution is 2.13. The first-order chi connectivity index (χ1) is 7.77. The summed E-state index contributed by atoms with van der Waals surface area (Å²) in [5, 5.41) is 8.79. The van der Waals surface area contributed by atoms with Crippen LogP contribution in [0.3, 0.4) is 0 Å². The lowest BCUT2D eigenvalue weighted by molar-refractivity contribution is 0.0992. The largest absolute Gasteiger partial charge is 0.395 e. The number of rotatable bonds is 5. The Balaban J connectivity index is 3.08. The van der Waals surface area contributed by atoms with Gasteiger partial charge < -0.3 is 15.4 Å². The third kappa shape index (κ3) is 3.05. The summed E-state index contributed by atoms with van der Waals surface area (Å²) >= 11 is 0. The van der Waals surface area contributed by atoms with E-state index in [1.165, 1.54) is 30.8 Å². The molecular formula is C9H15N3O4S. The Bertz CT molecular complexity index is 520. The molecule has 0 unspecified atom stereocenters. The van der Waals surface area contributed by atoms with Crippen LogP contribution in [0.4, 0.5) is 0 Å². The minimum Gasteiger partial charge on any atom is -0.395 e. The molecule has 1 rings (SSSR count). The number of amides is 1. The molecule has 1 heterocycles. The molecule has 0 aliphatic heterocycles. The number of aromatic nitrogens is 1. The van der Waals surface area contributed by atoms with E-state index in [2.05, 4.69) is 4.72 Å². The number of hydrogen-bond acceptors (Lipinski definition) is 4. The second-order valence-corrected chi connectivity index (χ2v) is 5.46. The predicted octanol–water partition coefficient (Wildman–Crippen LogP) is -1.22. The maximum atomic E-state index is 11.8. The topological polar surface area (TPSA) is 114 Å². The van der Waals surface area contributed by atoms with Gasteiger partial charge in [-0.05, 0) is 13.0 Å². The highest BCUT2D eigenvalue weighted by molar-refractivity contribution is 7.89. The van der Waals surface area contributed by atoms with Crippen molar-refractivity contribution in [1.29, 1.82) is 0 Å². The summed E-state index contributed by atoms with van der Waals surface area (Å²) in [6.07, 6.45) is 1.28. The molecular weight excluding hydrogens is 246 g/mol. The second kappa shape index (κ2) is 4.86. The van der Waals surface area contributed by atoms with Crippen molar-refractivity contribution in [1.82, 2.24) is 9.29 Å². The minimum atomic E-state index is -3.75. The summed E-state index contributed by atoms with van der Waals surface area (Å²) < 4.78 is 27.2. The summed E-state index contributed by atoms with van der Waals surface area (Å²) in [7, 11) is -2.22. The number of carbonyl (C=O) groups is 1. The molecule has 0 aliphatic carbocycles. The Kier molecular flexibility index (Phi) is 3.91. The molecule has 0 radical (unpaired) electrons. The lowest BCUT2D eigenvalue weighted by atomic mass is 10.4. The normalized spacial score (nSPS) is 13.6. The van der Waals surface area contributed by atoms with Crippen molar-refractivity contribution >= 4 is 15.9 Å². The van der Waals surface area contributed by atoms with Gasteiger partial charge in [0.15, 0.2) is 0 Å². The van der Waals surface area contributed by atoms with Crippen LogP contribution in [-0.2, 0) is 17.1 Å². The fraction of sp³-hybridized carbons (Fsp3) is 0.444. The highest BCUT2D eigenvalue weighted by atomic mass is 32.2. The van der Waals surface area contributed by atoms with Crippen molar-refractivity contribution < 1.29 is 18.3 Å². The molecule has 8 heteroatoms. The quantitative estimate of drug-likeness (QED) is 0.616.